The lowest BCUT2D eigenvalue weighted by Gasteiger charge is -2.26. The minimum Gasteiger partial charge on any atom is -0.477 e. The van der Waals surface area contributed by atoms with Gasteiger partial charge >= 0.3 is 12.3 Å². The second-order valence-corrected chi connectivity index (χ2v) is 5.59. The van der Waals surface area contributed by atoms with Crippen LogP contribution in [0.1, 0.15) is 22.8 Å². The normalized spacial score (nSPS) is 16.5. The zero-order valence-corrected chi connectivity index (χ0v) is 13.1. The van der Waals surface area contributed by atoms with Crippen LogP contribution in [0.5, 0.6) is 5.75 Å². The number of carboxylic acid groups (broad SMARTS) is 1. The molecule has 4 nitrogen and oxygen atoms in total. The lowest BCUT2D eigenvalue weighted by atomic mass is 10.00. The average Bonchev–Trinajstić information content (AvgIpc) is 2.53. The van der Waals surface area contributed by atoms with Crippen LogP contribution in [-0.2, 0) is 10.9 Å². The Morgan fingerprint density at radius 1 is 1.20 bits per heavy atom. The molecule has 0 saturated carbocycles. The maximum Gasteiger partial charge on any atom is 0.511 e. The molecule has 130 valence electrons. The summed E-state index contributed by atoms with van der Waals surface area (Å²) in [7, 11) is 0. The van der Waals surface area contributed by atoms with Crippen molar-refractivity contribution >= 4 is 23.8 Å². The molecule has 1 unspecified atom stereocenters. The molecule has 3 rings (SSSR count). The Hall–Kier alpha value is -2.67. The minimum atomic E-state index is -4.66. The summed E-state index contributed by atoms with van der Waals surface area (Å²) in [6, 6.07) is 9.92. The number of para-hydroxylation sites is 1. The highest BCUT2D eigenvalue weighted by molar-refractivity contribution is 6.31. The van der Waals surface area contributed by atoms with Crippen LogP contribution >= 0.6 is 11.6 Å². The van der Waals surface area contributed by atoms with E-state index in [4.69, 9.17) is 26.2 Å². The summed E-state index contributed by atoms with van der Waals surface area (Å²) < 4.78 is 49.6. The number of halogens is 4. The first-order valence-corrected chi connectivity index (χ1v) is 7.38. The Bertz CT molecular complexity index is 861. The summed E-state index contributed by atoms with van der Waals surface area (Å²) in [4.78, 5) is 10.9. The van der Waals surface area contributed by atoms with Crippen LogP contribution < -0.4 is 4.74 Å². The van der Waals surface area contributed by atoms with Gasteiger partial charge in [-0.2, -0.15) is 13.2 Å². The van der Waals surface area contributed by atoms with E-state index in [1.54, 1.807) is 24.3 Å². The summed E-state index contributed by atoms with van der Waals surface area (Å²) in [6.45, 7) is 0. The SMILES string of the molecule is O=C(O)OC1=Cc2ccccc2OC1c1ccc(Cl)c(C(F)(F)F)c1. The third-order valence-electron chi connectivity index (χ3n) is 3.52. The molecule has 1 N–H and O–H groups in total. The van der Waals surface area contributed by atoms with E-state index in [-0.39, 0.29) is 11.3 Å². The highest BCUT2D eigenvalue weighted by Crippen LogP contribution is 2.41. The zero-order chi connectivity index (χ0) is 18.2. The van der Waals surface area contributed by atoms with Crippen molar-refractivity contribution < 1.29 is 32.5 Å². The molecule has 0 bridgehead atoms. The van der Waals surface area contributed by atoms with E-state index in [0.717, 1.165) is 12.1 Å². The van der Waals surface area contributed by atoms with Crippen molar-refractivity contribution in [3.05, 3.63) is 69.9 Å². The standard InChI is InChI=1S/C17H10ClF3O4/c18-12-6-5-10(7-11(12)17(19,20)21)15-14(25-16(22)23)8-9-3-1-2-4-13(9)24-15/h1-8,15H,(H,22,23). The van der Waals surface area contributed by atoms with Gasteiger partial charge in [0.1, 0.15) is 5.75 Å². The van der Waals surface area contributed by atoms with Crippen LogP contribution in [-0.4, -0.2) is 11.3 Å². The fourth-order valence-electron chi connectivity index (χ4n) is 2.46. The first kappa shape index (κ1) is 17.2. The second kappa shape index (κ2) is 6.33. The van der Waals surface area contributed by atoms with E-state index in [9.17, 15) is 18.0 Å². The first-order chi connectivity index (χ1) is 11.8. The van der Waals surface area contributed by atoms with E-state index >= 15 is 0 Å². The van der Waals surface area contributed by atoms with Crippen LogP contribution in [0.15, 0.2) is 48.2 Å². The van der Waals surface area contributed by atoms with Crippen molar-refractivity contribution in [3.63, 3.8) is 0 Å². The highest BCUT2D eigenvalue weighted by Gasteiger charge is 2.35. The predicted molar refractivity (Wildman–Crippen MR) is 83.4 cm³/mol. The Morgan fingerprint density at radius 3 is 2.60 bits per heavy atom. The predicted octanol–water partition coefficient (Wildman–Crippen LogP) is 5.53. The van der Waals surface area contributed by atoms with Crippen LogP contribution in [0.2, 0.25) is 5.02 Å². The number of hydrogen-bond acceptors (Lipinski definition) is 3. The number of carbonyl (C=O) groups is 1. The number of hydrogen-bond donors (Lipinski definition) is 1. The molecule has 0 fully saturated rings. The molecule has 0 saturated heterocycles. The van der Waals surface area contributed by atoms with Gasteiger partial charge in [0.05, 0.1) is 10.6 Å². The molecule has 0 aromatic heterocycles. The van der Waals surface area contributed by atoms with Gasteiger partial charge in [-0.15, -0.1) is 0 Å². The molecule has 1 atom stereocenters. The average molecular weight is 371 g/mol. The molecule has 0 spiro atoms. The topological polar surface area (TPSA) is 55.8 Å². The summed E-state index contributed by atoms with van der Waals surface area (Å²) in [6.07, 6.45) is -5.98. The third-order valence-corrected chi connectivity index (χ3v) is 3.85. The molecule has 2 aromatic carbocycles. The molecule has 1 aliphatic heterocycles. The monoisotopic (exact) mass is 370 g/mol. The van der Waals surface area contributed by atoms with Crippen molar-refractivity contribution in [2.75, 3.05) is 0 Å². The maximum atomic E-state index is 13.1. The van der Waals surface area contributed by atoms with Crippen molar-refractivity contribution in [1.82, 2.24) is 0 Å². The van der Waals surface area contributed by atoms with Crippen LogP contribution in [0.4, 0.5) is 18.0 Å². The van der Waals surface area contributed by atoms with E-state index in [2.05, 4.69) is 0 Å². The molecular weight excluding hydrogens is 361 g/mol. The number of alkyl halides is 3. The van der Waals surface area contributed by atoms with Gasteiger partial charge in [0, 0.05) is 11.1 Å². The number of rotatable bonds is 2. The molecular formula is C17H10ClF3O4. The van der Waals surface area contributed by atoms with Crippen molar-refractivity contribution in [3.8, 4) is 5.75 Å². The molecule has 2 aromatic rings. The van der Waals surface area contributed by atoms with Crippen LogP contribution in [0.3, 0.4) is 0 Å². The molecule has 0 radical (unpaired) electrons. The van der Waals surface area contributed by atoms with Crippen molar-refractivity contribution in [2.24, 2.45) is 0 Å². The Morgan fingerprint density at radius 2 is 1.92 bits per heavy atom. The fourth-order valence-corrected chi connectivity index (χ4v) is 2.69. The maximum absolute atomic E-state index is 13.1. The first-order valence-electron chi connectivity index (χ1n) is 7.00. The molecule has 8 heteroatoms. The summed E-state index contributed by atoms with van der Waals surface area (Å²) >= 11 is 5.62. The van der Waals surface area contributed by atoms with Gasteiger partial charge < -0.3 is 14.6 Å². The fraction of sp³-hybridized carbons (Fsp3) is 0.118. The van der Waals surface area contributed by atoms with Gasteiger partial charge in [-0.3, -0.25) is 0 Å². The quantitative estimate of drug-likeness (QED) is 0.706. The van der Waals surface area contributed by atoms with Gasteiger partial charge in [0.15, 0.2) is 11.9 Å². The summed E-state index contributed by atoms with van der Waals surface area (Å²) in [5.74, 6) is 0.260. The number of ether oxygens (including phenoxy) is 2. The molecule has 1 heterocycles. The molecule has 1 aliphatic rings. The summed E-state index contributed by atoms with van der Waals surface area (Å²) in [5, 5.41) is 8.43. The zero-order valence-electron chi connectivity index (χ0n) is 12.4. The van der Waals surface area contributed by atoms with Crippen LogP contribution in [0.25, 0.3) is 6.08 Å². The van der Waals surface area contributed by atoms with Gasteiger partial charge in [-0.1, -0.05) is 35.9 Å². The van der Waals surface area contributed by atoms with Gasteiger partial charge in [0.2, 0.25) is 0 Å². The minimum absolute atomic E-state index is 0.0683. The third kappa shape index (κ3) is 3.56. The highest BCUT2D eigenvalue weighted by atomic mass is 35.5. The van der Waals surface area contributed by atoms with Gasteiger partial charge in [-0.25, -0.2) is 4.79 Å². The van der Waals surface area contributed by atoms with Crippen molar-refractivity contribution in [1.29, 1.82) is 0 Å². The lowest BCUT2D eigenvalue weighted by Crippen LogP contribution is -2.19. The van der Waals surface area contributed by atoms with E-state index in [0.29, 0.717) is 11.3 Å². The van der Waals surface area contributed by atoms with Gasteiger partial charge in [0.25, 0.3) is 0 Å². The van der Waals surface area contributed by atoms with E-state index in [1.165, 1.54) is 12.1 Å². The largest absolute Gasteiger partial charge is 0.511 e. The Balaban J connectivity index is 2.08. The van der Waals surface area contributed by atoms with E-state index < -0.39 is 29.0 Å². The van der Waals surface area contributed by atoms with E-state index in [1.807, 2.05) is 0 Å². The summed E-state index contributed by atoms with van der Waals surface area (Å²) in [5.41, 5.74) is -0.414. The molecule has 25 heavy (non-hydrogen) atoms. The van der Waals surface area contributed by atoms with Gasteiger partial charge in [-0.05, 0) is 24.3 Å². The number of fused-ring (bicyclic) bond motifs is 1. The molecule has 0 amide bonds. The smallest absolute Gasteiger partial charge is 0.477 e. The lowest BCUT2D eigenvalue weighted by molar-refractivity contribution is -0.137. The second-order valence-electron chi connectivity index (χ2n) is 5.19. The van der Waals surface area contributed by atoms with Crippen molar-refractivity contribution in [2.45, 2.75) is 12.3 Å². The Labute approximate surface area is 145 Å². The Kier molecular flexibility index (Phi) is 4.34. The van der Waals surface area contributed by atoms with Crippen LogP contribution in [0, 0.1) is 0 Å². The number of benzene rings is 2. The molecule has 0 aliphatic carbocycles.